The summed E-state index contributed by atoms with van der Waals surface area (Å²) in [4.78, 5) is 15.6. The normalized spacial score (nSPS) is 12.3. The van der Waals surface area contributed by atoms with E-state index in [0.717, 1.165) is 78.8 Å². The SMILES string of the molecule is C/C(=C\C(=C/Cc1nc2ccccc2n1-c1ccccc1)c1nc2ccccc2n1-c1ccccc1)c1nc2ccccc2n1-c1ccccc1. The first-order valence-corrected chi connectivity index (χ1v) is 17.2. The fraction of sp³-hybridized carbons (Fsp3) is 0.0444. The van der Waals surface area contributed by atoms with Crippen LogP contribution in [0, 0.1) is 0 Å². The van der Waals surface area contributed by atoms with Gasteiger partial charge in [0.2, 0.25) is 0 Å². The standard InChI is InChI=1S/C45H34N6/c1-32(44-47-38-24-12-15-27-41(38)50(44)35-19-7-3-8-20-35)31-33(45-48-39-25-13-16-28-42(39)51(45)36-21-9-4-10-22-36)29-30-43-46-37-23-11-14-26-40(37)49(43)34-17-5-2-6-18-34/h2-29,31H,30H2,1H3/b32-31+,33-29+. The number of nitrogens with zero attached hydrogens (tertiary/aromatic N) is 6. The molecule has 0 aliphatic carbocycles. The zero-order valence-electron chi connectivity index (χ0n) is 28.1. The van der Waals surface area contributed by atoms with Crippen LogP contribution in [0.3, 0.4) is 0 Å². The number of benzene rings is 6. The molecule has 6 nitrogen and oxygen atoms in total. The van der Waals surface area contributed by atoms with Gasteiger partial charge in [0.15, 0.2) is 0 Å². The number of rotatable bonds is 8. The van der Waals surface area contributed by atoms with Crippen LogP contribution in [0.5, 0.6) is 0 Å². The Kier molecular flexibility index (Phi) is 7.67. The van der Waals surface area contributed by atoms with Crippen molar-refractivity contribution in [1.82, 2.24) is 28.7 Å². The molecule has 51 heavy (non-hydrogen) atoms. The third-order valence-electron chi connectivity index (χ3n) is 9.28. The van der Waals surface area contributed by atoms with Gasteiger partial charge < -0.3 is 0 Å². The summed E-state index contributed by atoms with van der Waals surface area (Å²) in [6, 6.07) is 56.3. The van der Waals surface area contributed by atoms with Crippen molar-refractivity contribution in [3.8, 4) is 17.1 Å². The molecule has 0 saturated carbocycles. The number of aromatic nitrogens is 6. The highest BCUT2D eigenvalue weighted by Gasteiger charge is 2.19. The van der Waals surface area contributed by atoms with Gasteiger partial charge in [-0.25, -0.2) is 15.0 Å². The zero-order chi connectivity index (χ0) is 34.1. The van der Waals surface area contributed by atoms with Gasteiger partial charge in [-0.1, -0.05) is 97.1 Å². The van der Waals surface area contributed by atoms with Crippen LogP contribution in [0.4, 0.5) is 0 Å². The molecule has 244 valence electrons. The highest BCUT2D eigenvalue weighted by molar-refractivity contribution is 5.89. The van der Waals surface area contributed by atoms with Crippen molar-refractivity contribution in [3.63, 3.8) is 0 Å². The number of hydrogen-bond donors (Lipinski definition) is 0. The van der Waals surface area contributed by atoms with Crippen LogP contribution in [0.1, 0.15) is 24.4 Å². The second kappa shape index (κ2) is 12.9. The fourth-order valence-electron chi connectivity index (χ4n) is 6.98. The molecule has 0 aliphatic heterocycles. The van der Waals surface area contributed by atoms with Gasteiger partial charge in [-0.05, 0) is 91.4 Å². The van der Waals surface area contributed by atoms with E-state index in [9.17, 15) is 0 Å². The van der Waals surface area contributed by atoms with Crippen molar-refractivity contribution in [2.75, 3.05) is 0 Å². The van der Waals surface area contributed by atoms with Crippen LogP contribution in [-0.2, 0) is 6.42 Å². The Bertz CT molecular complexity index is 2710. The maximum Gasteiger partial charge on any atom is 0.145 e. The van der Waals surface area contributed by atoms with Crippen LogP contribution >= 0.6 is 0 Å². The topological polar surface area (TPSA) is 53.5 Å². The maximum absolute atomic E-state index is 5.29. The highest BCUT2D eigenvalue weighted by atomic mass is 15.1. The summed E-state index contributed by atoms with van der Waals surface area (Å²) in [6.07, 6.45) is 5.08. The van der Waals surface area contributed by atoms with E-state index in [0.29, 0.717) is 6.42 Å². The lowest BCUT2D eigenvalue weighted by atomic mass is 10.1. The summed E-state index contributed by atoms with van der Waals surface area (Å²) in [6.45, 7) is 2.14. The molecule has 9 aromatic rings. The Morgan fingerprint density at radius 1 is 0.451 bits per heavy atom. The first-order chi connectivity index (χ1) is 25.2. The molecule has 0 bridgehead atoms. The van der Waals surface area contributed by atoms with E-state index in [1.54, 1.807) is 0 Å². The lowest BCUT2D eigenvalue weighted by Crippen LogP contribution is -2.04. The van der Waals surface area contributed by atoms with Gasteiger partial charge in [0.05, 0.1) is 33.1 Å². The first-order valence-electron chi connectivity index (χ1n) is 17.2. The monoisotopic (exact) mass is 658 g/mol. The van der Waals surface area contributed by atoms with E-state index < -0.39 is 0 Å². The molecule has 0 N–H and O–H groups in total. The molecule has 3 aromatic heterocycles. The second-order valence-corrected chi connectivity index (χ2v) is 12.6. The van der Waals surface area contributed by atoms with Crippen LogP contribution in [-0.4, -0.2) is 28.7 Å². The Balaban J connectivity index is 1.27. The summed E-state index contributed by atoms with van der Waals surface area (Å²) >= 11 is 0. The Morgan fingerprint density at radius 3 is 1.37 bits per heavy atom. The van der Waals surface area contributed by atoms with E-state index >= 15 is 0 Å². The number of hydrogen-bond acceptors (Lipinski definition) is 3. The van der Waals surface area contributed by atoms with Gasteiger partial charge in [-0.3, -0.25) is 13.7 Å². The molecule has 0 atom stereocenters. The number of fused-ring (bicyclic) bond motifs is 3. The summed E-state index contributed by atoms with van der Waals surface area (Å²) in [5.74, 6) is 2.68. The zero-order valence-corrected chi connectivity index (χ0v) is 28.1. The molecule has 6 aromatic carbocycles. The minimum absolute atomic E-state index is 0.579. The smallest absolute Gasteiger partial charge is 0.145 e. The summed E-state index contributed by atoms with van der Waals surface area (Å²) in [5, 5.41) is 0. The van der Waals surface area contributed by atoms with Crippen LogP contribution in [0.2, 0.25) is 0 Å². The molecule has 0 amide bonds. The largest absolute Gasteiger partial charge is 0.296 e. The molecule has 6 heteroatoms. The number of imidazole rings is 3. The highest BCUT2D eigenvalue weighted by Crippen LogP contribution is 2.32. The third kappa shape index (κ3) is 5.53. The summed E-state index contributed by atoms with van der Waals surface area (Å²) < 4.78 is 6.76. The quantitative estimate of drug-likeness (QED) is 0.153. The minimum atomic E-state index is 0.579. The molecule has 0 radical (unpaired) electrons. The average molecular weight is 659 g/mol. The lowest BCUT2D eigenvalue weighted by Gasteiger charge is -2.13. The van der Waals surface area contributed by atoms with Gasteiger partial charge in [-0.2, -0.15) is 0 Å². The van der Waals surface area contributed by atoms with Gasteiger partial charge in [0, 0.05) is 29.1 Å². The van der Waals surface area contributed by atoms with Crippen LogP contribution in [0.25, 0.3) is 61.3 Å². The Morgan fingerprint density at radius 2 is 0.843 bits per heavy atom. The predicted molar refractivity (Wildman–Crippen MR) is 209 cm³/mol. The summed E-state index contributed by atoms with van der Waals surface area (Å²) in [7, 11) is 0. The maximum atomic E-state index is 5.29. The van der Waals surface area contributed by atoms with Crippen molar-refractivity contribution in [2.45, 2.75) is 13.3 Å². The minimum Gasteiger partial charge on any atom is -0.296 e. The summed E-state index contributed by atoms with van der Waals surface area (Å²) in [5.41, 5.74) is 11.2. The number of para-hydroxylation sites is 9. The Labute approximate surface area is 295 Å². The second-order valence-electron chi connectivity index (χ2n) is 12.6. The van der Waals surface area contributed by atoms with E-state index in [4.69, 9.17) is 15.0 Å². The van der Waals surface area contributed by atoms with Crippen molar-refractivity contribution in [2.24, 2.45) is 0 Å². The van der Waals surface area contributed by atoms with Gasteiger partial charge in [-0.15, -0.1) is 0 Å². The molecule has 9 rings (SSSR count). The molecule has 0 fully saturated rings. The van der Waals surface area contributed by atoms with Gasteiger partial charge in [0.25, 0.3) is 0 Å². The molecule has 0 saturated heterocycles. The van der Waals surface area contributed by atoms with Crippen LogP contribution in [0.15, 0.2) is 176 Å². The van der Waals surface area contributed by atoms with E-state index in [-0.39, 0.29) is 0 Å². The lowest BCUT2D eigenvalue weighted by molar-refractivity contribution is 0.948. The van der Waals surface area contributed by atoms with Crippen molar-refractivity contribution < 1.29 is 0 Å². The third-order valence-corrected chi connectivity index (χ3v) is 9.28. The predicted octanol–water partition coefficient (Wildman–Crippen LogP) is 10.4. The molecular weight excluding hydrogens is 625 g/mol. The van der Waals surface area contributed by atoms with E-state index in [2.05, 4.69) is 160 Å². The first kappa shape index (κ1) is 30.3. The molecule has 3 heterocycles. The van der Waals surface area contributed by atoms with Gasteiger partial charge >= 0.3 is 0 Å². The molecule has 0 spiro atoms. The van der Waals surface area contributed by atoms with Crippen molar-refractivity contribution in [3.05, 3.63) is 193 Å². The van der Waals surface area contributed by atoms with Crippen molar-refractivity contribution in [1.29, 1.82) is 0 Å². The van der Waals surface area contributed by atoms with Crippen molar-refractivity contribution >= 4 is 44.2 Å². The Hall–Kier alpha value is -6.79. The fourth-order valence-corrected chi connectivity index (χ4v) is 6.98. The number of allylic oxidation sites excluding steroid dienone is 4. The van der Waals surface area contributed by atoms with Crippen LogP contribution < -0.4 is 0 Å². The molecular formula is C45H34N6. The molecule has 0 aliphatic rings. The average Bonchev–Trinajstić information content (AvgIpc) is 3.89. The van der Waals surface area contributed by atoms with E-state index in [1.807, 2.05) is 36.4 Å². The van der Waals surface area contributed by atoms with E-state index in [1.165, 1.54) is 0 Å². The molecule has 0 unspecified atom stereocenters. The van der Waals surface area contributed by atoms with Gasteiger partial charge in [0.1, 0.15) is 17.5 Å².